The van der Waals surface area contributed by atoms with Crippen LogP contribution in [0, 0.1) is 0 Å². The van der Waals surface area contributed by atoms with Crippen LogP contribution >= 0.6 is 0 Å². The number of fused-ring (bicyclic) bond motifs is 2. The molecular formula is C16H12N2. The highest BCUT2D eigenvalue weighted by Crippen LogP contribution is 2.45. The Hall–Kier alpha value is -2.32. The van der Waals surface area contributed by atoms with Crippen LogP contribution in [0.5, 0.6) is 0 Å². The van der Waals surface area contributed by atoms with Crippen molar-refractivity contribution in [3.05, 3.63) is 60.7 Å². The van der Waals surface area contributed by atoms with E-state index in [0.29, 0.717) is 0 Å². The van der Waals surface area contributed by atoms with E-state index in [1.807, 2.05) is 6.07 Å². The molecule has 3 aromatic carbocycles. The number of hydrogen-bond acceptors (Lipinski definition) is 2. The number of hydrazine groups is 1. The molecule has 2 nitrogen and oxygen atoms in total. The molecule has 3 aromatic rings. The van der Waals surface area contributed by atoms with Crippen LogP contribution in [0.3, 0.4) is 0 Å². The van der Waals surface area contributed by atoms with Crippen molar-refractivity contribution in [3.8, 4) is 11.1 Å². The third kappa shape index (κ3) is 1.10. The number of nitrogens with two attached hydrogens (primary N) is 1. The Balaban J connectivity index is 2.24. The third-order valence-corrected chi connectivity index (χ3v) is 3.60. The predicted octanol–water partition coefficient (Wildman–Crippen LogP) is 3.83. The van der Waals surface area contributed by atoms with Crippen LogP contribution in [-0.4, -0.2) is 0 Å². The summed E-state index contributed by atoms with van der Waals surface area (Å²) < 4.78 is 0. The lowest BCUT2D eigenvalue weighted by atomic mass is 9.92. The average Bonchev–Trinajstić information content (AvgIpc) is 2.44. The van der Waals surface area contributed by atoms with Gasteiger partial charge in [0, 0.05) is 10.9 Å². The first-order chi connectivity index (χ1) is 8.86. The van der Waals surface area contributed by atoms with Gasteiger partial charge in [0.1, 0.15) is 0 Å². The van der Waals surface area contributed by atoms with Crippen molar-refractivity contribution in [2.45, 2.75) is 0 Å². The number of anilines is 2. The van der Waals surface area contributed by atoms with E-state index in [1.54, 1.807) is 5.01 Å². The maximum Gasteiger partial charge on any atom is 0.0660 e. The molecule has 0 amide bonds. The number of para-hydroxylation sites is 1. The van der Waals surface area contributed by atoms with E-state index in [9.17, 15) is 0 Å². The van der Waals surface area contributed by atoms with Gasteiger partial charge in [-0.05, 0) is 23.1 Å². The lowest BCUT2D eigenvalue weighted by Gasteiger charge is -2.29. The average molecular weight is 232 g/mol. The quantitative estimate of drug-likeness (QED) is 0.597. The zero-order valence-electron chi connectivity index (χ0n) is 9.80. The number of nitrogens with zero attached hydrogens (tertiary/aromatic N) is 1. The van der Waals surface area contributed by atoms with Gasteiger partial charge in [0.05, 0.1) is 11.4 Å². The topological polar surface area (TPSA) is 29.3 Å². The van der Waals surface area contributed by atoms with Gasteiger partial charge in [0.15, 0.2) is 0 Å². The Labute approximate surface area is 105 Å². The summed E-state index contributed by atoms with van der Waals surface area (Å²) in [6.07, 6.45) is 0. The summed E-state index contributed by atoms with van der Waals surface area (Å²) in [5.41, 5.74) is 4.59. The van der Waals surface area contributed by atoms with Crippen LogP contribution in [0.2, 0.25) is 0 Å². The lowest BCUT2D eigenvalue weighted by Crippen LogP contribution is -2.27. The van der Waals surface area contributed by atoms with E-state index in [4.69, 9.17) is 5.84 Å². The van der Waals surface area contributed by atoms with Gasteiger partial charge >= 0.3 is 0 Å². The summed E-state index contributed by atoms with van der Waals surface area (Å²) in [4.78, 5) is 0. The molecule has 1 heterocycles. The SMILES string of the molecule is NN1c2ccccc2-c2cccc3cccc1c23. The van der Waals surface area contributed by atoms with Crippen molar-refractivity contribution < 1.29 is 0 Å². The molecule has 0 radical (unpaired) electrons. The Morgan fingerprint density at radius 3 is 2.22 bits per heavy atom. The van der Waals surface area contributed by atoms with E-state index < -0.39 is 0 Å². The van der Waals surface area contributed by atoms with Crippen molar-refractivity contribution in [1.82, 2.24) is 0 Å². The second kappa shape index (κ2) is 3.34. The Morgan fingerprint density at radius 1 is 0.667 bits per heavy atom. The van der Waals surface area contributed by atoms with E-state index in [0.717, 1.165) is 11.4 Å². The first-order valence-electron chi connectivity index (χ1n) is 6.02. The Kier molecular flexibility index (Phi) is 1.80. The second-order valence-electron chi connectivity index (χ2n) is 4.57. The highest BCUT2D eigenvalue weighted by atomic mass is 15.4. The van der Waals surface area contributed by atoms with Gasteiger partial charge in [-0.1, -0.05) is 48.5 Å². The van der Waals surface area contributed by atoms with Crippen LogP contribution in [0.1, 0.15) is 0 Å². The highest BCUT2D eigenvalue weighted by Gasteiger charge is 2.21. The van der Waals surface area contributed by atoms with Crippen molar-refractivity contribution in [2.75, 3.05) is 5.01 Å². The van der Waals surface area contributed by atoms with Crippen molar-refractivity contribution in [2.24, 2.45) is 5.84 Å². The third-order valence-electron chi connectivity index (χ3n) is 3.60. The molecule has 0 aliphatic carbocycles. The molecule has 0 unspecified atom stereocenters. The smallest absolute Gasteiger partial charge is 0.0660 e. The Morgan fingerprint density at radius 2 is 1.33 bits per heavy atom. The van der Waals surface area contributed by atoms with Crippen LogP contribution in [0.4, 0.5) is 11.4 Å². The molecule has 4 rings (SSSR count). The monoisotopic (exact) mass is 232 g/mol. The molecule has 0 saturated carbocycles. The molecule has 1 aliphatic heterocycles. The number of hydrogen-bond donors (Lipinski definition) is 1. The van der Waals surface area contributed by atoms with E-state index >= 15 is 0 Å². The van der Waals surface area contributed by atoms with Crippen molar-refractivity contribution >= 4 is 22.1 Å². The lowest BCUT2D eigenvalue weighted by molar-refractivity contribution is 1.09. The van der Waals surface area contributed by atoms with Crippen LogP contribution in [0.25, 0.3) is 21.9 Å². The summed E-state index contributed by atoms with van der Waals surface area (Å²) in [6, 6.07) is 20.9. The van der Waals surface area contributed by atoms with Gasteiger partial charge < -0.3 is 0 Å². The molecule has 0 saturated heterocycles. The fourth-order valence-corrected chi connectivity index (χ4v) is 2.79. The molecule has 1 aliphatic rings. The standard InChI is InChI=1S/C16H12N2/c17-18-14-9-2-1-7-12(14)13-8-3-5-11-6-4-10-15(18)16(11)13/h1-10H,17H2. The van der Waals surface area contributed by atoms with Gasteiger partial charge in [-0.15, -0.1) is 0 Å². The van der Waals surface area contributed by atoms with Gasteiger partial charge in [0.2, 0.25) is 0 Å². The maximum atomic E-state index is 6.25. The van der Waals surface area contributed by atoms with E-state index in [1.165, 1.54) is 21.9 Å². The number of rotatable bonds is 0. The maximum absolute atomic E-state index is 6.25. The molecule has 18 heavy (non-hydrogen) atoms. The molecule has 0 fully saturated rings. The molecule has 0 atom stereocenters. The molecule has 2 N–H and O–H groups in total. The van der Waals surface area contributed by atoms with E-state index in [-0.39, 0.29) is 0 Å². The largest absolute Gasteiger partial charge is 0.278 e. The summed E-state index contributed by atoms with van der Waals surface area (Å²) in [6.45, 7) is 0. The van der Waals surface area contributed by atoms with Gasteiger partial charge in [-0.2, -0.15) is 0 Å². The minimum atomic E-state index is 1.06. The highest BCUT2D eigenvalue weighted by molar-refractivity contribution is 6.11. The zero-order chi connectivity index (χ0) is 12.1. The molecule has 0 aromatic heterocycles. The summed E-state index contributed by atoms with van der Waals surface area (Å²) >= 11 is 0. The van der Waals surface area contributed by atoms with E-state index in [2.05, 4.69) is 54.6 Å². The fraction of sp³-hybridized carbons (Fsp3) is 0. The van der Waals surface area contributed by atoms with Gasteiger partial charge in [-0.3, -0.25) is 5.01 Å². The molecule has 0 spiro atoms. The minimum Gasteiger partial charge on any atom is -0.278 e. The molecule has 86 valence electrons. The first-order valence-corrected chi connectivity index (χ1v) is 6.02. The summed E-state index contributed by atoms with van der Waals surface area (Å²) in [5.74, 6) is 6.25. The number of benzene rings is 3. The molecule has 2 heteroatoms. The second-order valence-corrected chi connectivity index (χ2v) is 4.57. The van der Waals surface area contributed by atoms with Crippen LogP contribution < -0.4 is 10.9 Å². The first kappa shape index (κ1) is 9.68. The zero-order valence-corrected chi connectivity index (χ0v) is 9.80. The predicted molar refractivity (Wildman–Crippen MR) is 75.7 cm³/mol. The summed E-state index contributed by atoms with van der Waals surface area (Å²) in [7, 11) is 0. The Bertz CT molecular complexity index is 757. The van der Waals surface area contributed by atoms with Crippen LogP contribution in [0.15, 0.2) is 60.7 Å². The van der Waals surface area contributed by atoms with Gasteiger partial charge in [0.25, 0.3) is 0 Å². The van der Waals surface area contributed by atoms with Gasteiger partial charge in [-0.25, -0.2) is 5.84 Å². The normalized spacial score (nSPS) is 12.6. The van der Waals surface area contributed by atoms with Crippen molar-refractivity contribution in [3.63, 3.8) is 0 Å². The summed E-state index contributed by atoms with van der Waals surface area (Å²) in [5, 5.41) is 4.25. The van der Waals surface area contributed by atoms with Crippen molar-refractivity contribution in [1.29, 1.82) is 0 Å². The molecular weight excluding hydrogens is 220 g/mol. The fourth-order valence-electron chi connectivity index (χ4n) is 2.79. The minimum absolute atomic E-state index is 1.06. The molecule has 0 bridgehead atoms. The van der Waals surface area contributed by atoms with Crippen LogP contribution in [-0.2, 0) is 0 Å².